The fourth-order valence-corrected chi connectivity index (χ4v) is 1.16. The van der Waals surface area contributed by atoms with Crippen molar-refractivity contribution in [3.63, 3.8) is 0 Å². The molecule has 0 aromatic carbocycles. The van der Waals surface area contributed by atoms with Crippen LogP contribution < -0.4 is 10.1 Å². The molecule has 0 atom stereocenters. The van der Waals surface area contributed by atoms with Gasteiger partial charge in [0, 0.05) is 24.1 Å². The molecule has 0 unspecified atom stereocenters. The van der Waals surface area contributed by atoms with Crippen molar-refractivity contribution >= 4 is 12.6 Å². The summed E-state index contributed by atoms with van der Waals surface area (Å²) in [4.78, 5) is 4.12. The van der Waals surface area contributed by atoms with Crippen LogP contribution in [0.15, 0.2) is 18.3 Å². The minimum atomic E-state index is 0.633. The second kappa shape index (κ2) is 5.83. The van der Waals surface area contributed by atoms with Crippen LogP contribution >= 0.6 is 12.6 Å². The normalized spacial score (nSPS) is 10.0. The van der Waals surface area contributed by atoms with Gasteiger partial charge >= 0.3 is 0 Å². The summed E-state index contributed by atoms with van der Waals surface area (Å²) < 4.78 is 5.45. The maximum absolute atomic E-state index is 5.45. The summed E-state index contributed by atoms with van der Waals surface area (Å²) in [5.41, 5.74) is 1.03. The van der Waals surface area contributed by atoms with E-state index in [4.69, 9.17) is 4.74 Å². The maximum Gasteiger partial charge on any atom is 0.217 e. The minimum Gasteiger partial charge on any atom is -0.476 e. The summed E-state index contributed by atoms with van der Waals surface area (Å²) in [6, 6.07) is 3.85. The standard InChI is InChI=1S/C9H14N2OS/c1-10-5-6-12-9-8(7-13)3-2-4-11-9/h2-4,10,13H,5-7H2,1H3. The first-order valence-electron chi connectivity index (χ1n) is 4.20. The second-order valence-electron chi connectivity index (χ2n) is 2.58. The summed E-state index contributed by atoms with van der Waals surface area (Å²) in [5, 5.41) is 3.00. The third-order valence-electron chi connectivity index (χ3n) is 1.61. The average molecular weight is 198 g/mol. The van der Waals surface area contributed by atoms with Crippen molar-refractivity contribution in [3.8, 4) is 5.88 Å². The molecule has 0 radical (unpaired) electrons. The molecular weight excluding hydrogens is 184 g/mol. The number of ether oxygens (including phenoxy) is 1. The highest BCUT2D eigenvalue weighted by Gasteiger charge is 2.01. The first-order chi connectivity index (χ1) is 6.38. The molecular formula is C9H14N2OS. The molecule has 1 aromatic heterocycles. The van der Waals surface area contributed by atoms with Crippen LogP contribution in [-0.4, -0.2) is 25.2 Å². The summed E-state index contributed by atoms with van der Waals surface area (Å²) in [6.45, 7) is 1.46. The van der Waals surface area contributed by atoms with E-state index >= 15 is 0 Å². The Morgan fingerprint density at radius 1 is 1.62 bits per heavy atom. The lowest BCUT2D eigenvalue weighted by Crippen LogP contribution is -2.16. The number of likely N-dealkylation sites (N-methyl/N-ethyl adjacent to an activating group) is 1. The van der Waals surface area contributed by atoms with E-state index in [1.54, 1.807) is 6.20 Å². The van der Waals surface area contributed by atoms with Gasteiger partial charge in [-0.05, 0) is 13.1 Å². The molecule has 3 nitrogen and oxygen atoms in total. The number of aromatic nitrogens is 1. The molecule has 0 saturated carbocycles. The summed E-state index contributed by atoms with van der Waals surface area (Å²) in [5.74, 6) is 1.34. The Labute approximate surface area is 83.9 Å². The second-order valence-corrected chi connectivity index (χ2v) is 2.89. The molecule has 1 N–H and O–H groups in total. The van der Waals surface area contributed by atoms with Gasteiger partial charge in [-0.3, -0.25) is 0 Å². The molecule has 0 fully saturated rings. The lowest BCUT2D eigenvalue weighted by molar-refractivity contribution is 0.304. The number of rotatable bonds is 5. The van der Waals surface area contributed by atoms with Gasteiger partial charge in [0.1, 0.15) is 6.61 Å². The zero-order valence-electron chi connectivity index (χ0n) is 7.66. The van der Waals surface area contributed by atoms with Crippen LogP contribution in [0.2, 0.25) is 0 Å². The smallest absolute Gasteiger partial charge is 0.217 e. The fourth-order valence-electron chi connectivity index (χ4n) is 0.924. The first-order valence-corrected chi connectivity index (χ1v) is 4.84. The first kappa shape index (κ1) is 10.3. The molecule has 1 rings (SSSR count). The molecule has 0 bridgehead atoms. The van der Waals surface area contributed by atoms with Crippen LogP contribution in [0, 0.1) is 0 Å². The molecule has 0 aliphatic heterocycles. The molecule has 0 aliphatic rings. The minimum absolute atomic E-state index is 0.633. The lowest BCUT2D eigenvalue weighted by Gasteiger charge is -2.07. The topological polar surface area (TPSA) is 34.1 Å². The predicted octanol–water partition coefficient (Wildman–Crippen LogP) is 1.11. The molecule has 0 saturated heterocycles. The van der Waals surface area contributed by atoms with E-state index < -0.39 is 0 Å². The monoisotopic (exact) mass is 198 g/mol. The number of pyridine rings is 1. The maximum atomic E-state index is 5.45. The SMILES string of the molecule is CNCCOc1ncccc1CS. The van der Waals surface area contributed by atoms with Gasteiger partial charge in [-0.1, -0.05) is 6.07 Å². The molecule has 4 heteroatoms. The number of nitrogens with zero attached hydrogens (tertiary/aromatic N) is 1. The Hall–Kier alpha value is -0.740. The predicted molar refractivity (Wildman–Crippen MR) is 56.3 cm³/mol. The summed E-state index contributed by atoms with van der Waals surface area (Å²) in [7, 11) is 1.89. The average Bonchev–Trinajstić information content (AvgIpc) is 2.19. The van der Waals surface area contributed by atoms with Gasteiger partial charge in [-0.15, -0.1) is 0 Å². The van der Waals surface area contributed by atoms with E-state index in [0.717, 1.165) is 12.1 Å². The highest BCUT2D eigenvalue weighted by Crippen LogP contribution is 2.15. The van der Waals surface area contributed by atoms with Crippen molar-refractivity contribution in [2.45, 2.75) is 5.75 Å². The molecule has 0 amide bonds. The Bertz CT molecular complexity index is 255. The van der Waals surface area contributed by atoms with Crippen molar-refractivity contribution in [2.75, 3.05) is 20.2 Å². The van der Waals surface area contributed by atoms with Gasteiger partial charge in [0.25, 0.3) is 0 Å². The van der Waals surface area contributed by atoms with Gasteiger partial charge in [0.2, 0.25) is 5.88 Å². The zero-order valence-corrected chi connectivity index (χ0v) is 8.55. The Morgan fingerprint density at radius 2 is 2.46 bits per heavy atom. The molecule has 72 valence electrons. The van der Waals surface area contributed by atoms with Crippen LogP contribution in [0.5, 0.6) is 5.88 Å². The summed E-state index contributed by atoms with van der Waals surface area (Å²) in [6.07, 6.45) is 1.72. The van der Waals surface area contributed by atoms with Crippen LogP contribution in [0.25, 0.3) is 0 Å². The van der Waals surface area contributed by atoms with Crippen molar-refractivity contribution in [1.82, 2.24) is 10.3 Å². The fraction of sp³-hybridized carbons (Fsp3) is 0.444. The van der Waals surface area contributed by atoms with Gasteiger partial charge in [-0.2, -0.15) is 12.6 Å². The quantitative estimate of drug-likeness (QED) is 0.549. The van der Waals surface area contributed by atoms with E-state index in [0.29, 0.717) is 18.2 Å². The van der Waals surface area contributed by atoms with Gasteiger partial charge in [0.05, 0.1) is 0 Å². The third kappa shape index (κ3) is 3.24. The van der Waals surface area contributed by atoms with Crippen molar-refractivity contribution < 1.29 is 4.74 Å². The zero-order chi connectivity index (χ0) is 9.52. The molecule has 13 heavy (non-hydrogen) atoms. The Balaban J connectivity index is 2.54. The molecule has 1 heterocycles. The van der Waals surface area contributed by atoms with Gasteiger partial charge in [-0.25, -0.2) is 4.98 Å². The highest BCUT2D eigenvalue weighted by atomic mass is 32.1. The van der Waals surface area contributed by atoms with Gasteiger partial charge in [0.15, 0.2) is 0 Å². The van der Waals surface area contributed by atoms with Crippen LogP contribution in [0.1, 0.15) is 5.56 Å². The van der Waals surface area contributed by atoms with E-state index in [-0.39, 0.29) is 0 Å². The molecule has 1 aromatic rings. The van der Waals surface area contributed by atoms with Crippen LogP contribution in [-0.2, 0) is 5.75 Å². The Kier molecular flexibility index (Phi) is 4.64. The number of hydrogen-bond acceptors (Lipinski definition) is 4. The van der Waals surface area contributed by atoms with Crippen LogP contribution in [0.3, 0.4) is 0 Å². The van der Waals surface area contributed by atoms with Crippen molar-refractivity contribution in [3.05, 3.63) is 23.9 Å². The van der Waals surface area contributed by atoms with E-state index in [2.05, 4.69) is 22.9 Å². The number of nitrogens with one attached hydrogen (secondary N) is 1. The third-order valence-corrected chi connectivity index (χ3v) is 1.95. The number of hydrogen-bond donors (Lipinski definition) is 2. The summed E-state index contributed by atoms with van der Waals surface area (Å²) >= 11 is 4.19. The number of thiol groups is 1. The Morgan fingerprint density at radius 3 is 3.15 bits per heavy atom. The molecule has 0 aliphatic carbocycles. The van der Waals surface area contributed by atoms with E-state index in [9.17, 15) is 0 Å². The molecule has 0 spiro atoms. The van der Waals surface area contributed by atoms with E-state index in [1.807, 2.05) is 19.2 Å². The van der Waals surface area contributed by atoms with Crippen molar-refractivity contribution in [2.24, 2.45) is 0 Å². The largest absolute Gasteiger partial charge is 0.476 e. The van der Waals surface area contributed by atoms with E-state index in [1.165, 1.54) is 0 Å². The van der Waals surface area contributed by atoms with Crippen LogP contribution in [0.4, 0.5) is 0 Å². The lowest BCUT2D eigenvalue weighted by atomic mass is 10.3. The van der Waals surface area contributed by atoms with Crippen molar-refractivity contribution in [1.29, 1.82) is 0 Å². The highest BCUT2D eigenvalue weighted by molar-refractivity contribution is 7.79. The van der Waals surface area contributed by atoms with Gasteiger partial charge < -0.3 is 10.1 Å².